The van der Waals surface area contributed by atoms with Gasteiger partial charge in [0, 0.05) is 29.3 Å². The molecule has 0 unspecified atom stereocenters. The van der Waals surface area contributed by atoms with Crippen LogP contribution in [0.15, 0.2) is 73.1 Å². The number of fused-ring (bicyclic) bond motifs is 3. The highest BCUT2D eigenvalue weighted by molar-refractivity contribution is 6.35. The van der Waals surface area contributed by atoms with Crippen molar-refractivity contribution in [2.45, 2.75) is 37.8 Å². The molecule has 262 valence electrons. The second-order valence-electron chi connectivity index (χ2n) is 12.5. The fourth-order valence-electron chi connectivity index (χ4n) is 6.98. The van der Waals surface area contributed by atoms with Crippen LogP contribution in [0.4, 0.5) is 14.9 Å². The van der Waals surface area contributed by atoms with E-state index in [4.69, 9.17) is 37.4 Å². The zero-order valence-corrected chi connectivity index (χ0v) is 29.0. The molecule has 0 saturated carbocycles. The van der Waals surface area contributed by atoms with Crippen molar-refractivity contribution < 1.29 is 38.0 Å². The van der Waals surface area contributed by atoms with Crippen LogP contribution in [0.25, 0.3) is 0 Å². The summed E-state index contributed by atoms with van der Waals surface area (Å²) in [6, 6.07) is 16.6. The van der Waals surface area contributed by atoms with E-state index < -0.39 is 29.4 Å². The van der Waals surface area contributed by atoms with E-state index in [-0.39, 0.29) is 40.6 Å². The summed E-state index contributed by atoms with van der Waals surface area (Å²) in [5.41, 5.74) is 1.14. The van der Waals surface area contributed by atoms with Crippen molar-refractivity contribution in [3.05, 3.63) is 122 Å². The van der Waals surface area contributed by atoms with Gasteiger partial charge in [-0.3, -0.25) is 9.80 Å². The van der Waals surface area contributed by atoms with Crippen molar-refractivity contribution in [2.75, 3.05) is 38.8 Å². The van der Waals surface area contributed by atoms with E-state index in [2.05, 4.69) is 4.90 Å². The maximum Gasteiger partial charge on any atom is 0.414 e. The first-order chi connectivity index (χ1) is 24.1. The molecule has 1 amide bonds. The highest BCUT2D eigenvalue weighted by Crippen LogP contribution is 2.41. The first-order valence-electron chi connectivity index (χ1n) is 16.2. The van der Waals surface area contributed by atoms with Crippen LogP contribution in [-0.4, -0.2) is 62.0 Å². The lowest BCUT2D eigenvalue weighted by molar-refractivity contribution is -0.605. The van der Waals surface area contributed by atoms with Gasteiger partial charge in [0.15, 0.2) is 23.9 Å². The summed E-state index contributed by atoms with van der Waals surface area (Å²) in [6.45, 7) is 2.44. The fraction of sp³-hybridized carbons (Fsp3) is 0.324. The summed E-state index contributed by atoms with van der Waals surface area (Å²) in [6.07, 6.45) is 3.24. The first-order valence-corrected chi connectivity index (χ1v) is 16.9. The number of aromatic carboxylic acids is 1. The zero-order valence-electron chi connectivity index (χ0n) is 27.5. The van der Waals surface area contributed by atoms with E-state index in [1.807, 2.05) is 6.07 Å². The van der Waals surface area contributed by atoms with E-state index in [1.165, 1.54) is 31.3 Å². The Balaban J connectivity index is 1.49. The molecule has 1 aromatic heterocycles. The highest BCUT2D eigenvalue weighted by Gasteiger charge is 2.38. The molecule has 13 heteroatoms. The van der Waals surface area contributed by atoms with Gasteiger partial charge in [0.1, 0.15) is 22.0 Å². The number of carbonyl (C=O) groups excluding carboxylic acids is 1. The molecule has 2 atom stereocenters. The second-order valence-corrected chi connectivity index (χ2v) is 13.3. The Hall–Kier alpha value is -4.58. The number of ether oxygens (including phenoxy) is 3. The number of halogens is 3. The molecule has 3 saturated heterocycles. The number of amides is 1. The summed E-state index contributed by atoms with van der Waals surface area (Å²) in [4.78, 5) is 30.1. The zero-order chi connectivity index (χ0) is 35.5. The second kappa shape index (κ2) is 15.1. The Morgan fingerprint density at radius 1 is 1.02 bits per heavy atom. The molecule has 4 aromatic rings. The van der Waals surface area contributed by atoms with E-state index in [0.717, 1.165) is 38.3 Å². The van der Waals surface area contributed by atoms with Crippen LogP contribution in [0.2, 0.25) is 10.0 Å². The van der Waals surface area contributed by atoms with Gasteiger partial charge in [-0.25, -0.2) is 14.0 Å². The number of piperidine rings is 3. The Bertz CT molecular complexity index is 1870. The molecule has 7 rings (SSSR count). The normalized spacial score (nSPS) is 18.7. The number of methoxy groups -OCH3 is 2. The number of pyridine rings is 1. The lowest BCUT2D eigenvalue weighted by atomic mass is 9.82. The Labute approximate surface area is 299 Å². The number of para-hydroxylation sites is 1. The van der Waals surface area contributed by atoms with E-state index in [9.17, 15) is 19.9 Å². The van der Waals surface area contributed by atoms with Crippen LogP contribution in [0.1, 0.15) is 51.4 Å². The third kappa shape index (κ3) is 7.31. The summed E-state index contributed by atoms with van der Waals surface area (Å²) < 4.78 is 34.5. The van der Waals surface area contributed by atoms with Crippen LogP contribution in [0, 0.1) is 16.9 Å². The number of rotatable bonds is 11. The maximum atomic E-state index is 16.8. The minimum atomic E-state index is -1.47. The fourth-order valence-corrected chi connectivity index (χ4v) is 7.57. The summed E-state index contributed by atoms with van der Waals surface area (Å²) in [5, 5.41) is 22.2. The predicted molar refractivity (Wildman–Crippen MR) is 186 cm³/mol. The van der Waals surface area contributed by atoms with Gasteiger partial charge in [-0.1, -0.05) is 53.5 Å². The lowest BCUT2D eigenvalue weighted by Crippen LogP contribution is -2.53. The smallest absolute Gasteiger partial charge is 0.414 e. The minimum Gasteiger partial charge on any atom is -0.619 e. The largest absolute Gasteiger partial charge is 0.619 e. The van der Waals surface area contributed by atoms with E-state index in [0.29, 0.717) is 45.2 Å². The number of carbonyl (C=O) groups is 2. The molecule has 3 aromatic carbocycles. The number of benzene rings is 3. The molecular formula is C37H36Cl2FN3O7. The van der Waals surface area contributed by atoms with E-state index in [1.54, 1.807) is 42.5 Å². The maximum absolute atomic E-state index is 16.8. The molecule has 0 radical (unpaired) electrons. The number of carboxylic acids is 1. The molecular weight excluding hydrogens is 688 g/mol. The number of hydrogen-bond donors (Lipinski definition) is 1. The lowest BCUT2D eigenvalue weighted by Gasteiger charge is -2.44. The van der Waals surface area contributed by atoms with Gasteiger partial charge in [0.05, 0.1) is 26.3 Å². The van der Waals surface area contributed by atoms with Crippen molar-refractivity contribution in [3.8, 4) is 11.5 Å². The summed E-state index contributed by atoms with van der Waals surface area (Å²) >= 11 is 13.1. The first kappa shape index (κ1) is 35.3. The third-order valence-corrected chi connectivity index (χ3v) is 10.2. The van der Waals surface area contributed by atoms with Crippen LogP contribution in [-0.2, 0) is 17.7 Å². The molecule has 4 heterocycles. The van der Waals surface area contributed by atoms with Crippen molar-refractivity contribution >= 4 is 41.0 Å². The van der Waals surface area contributed by atoms with Gasteiger partial charge < -0.3 is 24.5 Å². The number of anilines is 1. The molecule has 3 fully saturated rings. The van der Waals surface area contributed by atoms with Gasteiger partial charge in [-0.05, 0) is 79.7 Å². The Morgan fingerprint density at radius 2 is 1.70 bits per heavy atom. The highest BCUT2D eigenvalue weighted by atomic mass is 35.5. The van der Waals surface area contributed by atoms with Crippen LogP contribution in [0.3, 0.4) is 0 Å². The van der Waals surface area contributed by atoms with Crippen LogP contribution >= 0.6 is 23.2 Å². The predicted octanol–water partition coefficient (Wildman–Crippen LogP) is 7.09. The van der Waals surface area contributed by atoms with Crippen molar-refractivity contribution in [1.29, 1.82) is 0 Å². The van der Waals surface area contributed by atoms with Gasteiger partial charge in [-0.15, -0.1) is 0 Å². The molecule has 50 heavy (non-hydrogen) atoms. The van der Waals surface area contributed by atoms with Crippen LogP contribution in [0.5, 0.6) is 11.5 Å². The standard InChI is InChI=1S/C37H36Cl2FN3O7/c1-48-31-11-9-23(16-32(31)49-2)27(17-28-29(38)19-42(47)20-30(28)39)34-24(8-10-26(35(34)40)36(44)45)18-43(25-6-4-3-5-7-25)37(46)50-33-21-41-14-12-22(33)13-15-41/h3-11,16,19-20,22,27,33H,12-15,17-18,21H2,1-2H3,(H,44,45)/t27-,33-/m0/s1. The molecule has 3 aliphatic heterocycles. The summed E-state index contributed by atoms with van der Waals surface area (Å²) in [5.74, 6) is -2.36. The minimum absolute atomic E-state index is 0.000304. The monoisotopic (exact) mass is 723 g/mol. The topological polar surface area (TPSA) is 115 Å². The van der Waals surface area contributed by atoms with E-state index >= 15 is 4.39 Å². The van der Waals surface area contributed by atoms with Crippen LogP contribution < -0.4 is 19.1 Å². The third-order valence-electron chi connectivity index (χ3n) is 9.59. The molecule has 3 aliphatic rings. The average Bonchev–Trinajstić information content (AvgIpc) is 3.11. The molecule has 0 aliphatic carbocycles. The molecule has 1 N–H and O–H groups in total. The van der Waals surface area contributed by atoms with Crippen molar-refractivity contribution in [3.63, 3.8) is 0 Å². The van der Waals surface area contributed by atoms with Gasteiger partial charge in [-0.2, -0.15) is 4.73 Å². The number of aromatic nitrogens is 1. The number of carboxylic acid groups (broad SMARTS) is 1. The SMILES string of the molecule is COc1ccc([C@H](Cc2c(Cl)c[n+]([O-])cc2Cl)c2c(CN(C(=O)O[C@H]3CN4CCC3CC4)c3ccccc3)ccc(C(=O)O)c2F)cc1OC. The molecule has 2 bridgehead atoms. The molecule has 10 nitrogen and oxygen atoms in total. The number of nitrogens with zero attached hydrogens (tertiary/aromatic N) is 3. The van der Waals surface area contributed by atoms with Crippen molar-refractivity contribution in [1.82, 2.24) is 4.90 Å². The summed E-state index contributed by atoms with van der Waals surface area (Å²) in [7, 11) is 2.95. The Morgan fingerprint density at radius 3 is 2.30 bits per heavy atom. The van der Waals surface area contributed by atoms with Gasteiger partial charge >= 0.3 is 12.1 Å². The van der Waals surface area contributed by atoms with Gasteiger partial charge in [0.25, 0.3) is 0 Å². The average molecular weight is 725 g/mol. The number of hydrogen-bond acceptors (Lipinski definition) is 7. The Kier molecular flexibility index (Phi) is 10.7. The quantitative estimate of drug-likeness (QED) is 0.129. The van der Waals surface area contributed by atoms with Gasteiger partial charge in [0.2, 0.25) is 0 Å². The van der Waals surface area contributed by atoms with Crippen molar-refractivity contribution in [2.24, 2.45) is 5.92 Å². The molecule has 0 spiro atoms.